The van der Waals surface area contributed by atoms with Gasteiger partial charge in [-0.25, -0.2) is 4.39 Å². The van der Waals surface area contributed by atoms with Crippen LogP contribution in [0.5, 0.6) is 0 Å². The molecule has 0 amide bonds. The van der Waals surface area contributed by atoms with Crippen molar-refractivity contribution in [2.75, 3.05) is 0 Å². The molecule has 0 aliphatic carbocycles. The summed E-state index contributed by atoms with van der Waals surface area (Å²) in [7, 11) is 0. The van der Waals surface area contributed by atoms with Crippen molar-refractivity contribution in [2.45, 2.75) is 32.2 Å². The number of aliphatic hydroxyl groups excluding tert-OH is 1. The van der Waals surface area contributed by atoms with Crippen LogP contribution in [0.1, 0.15) is 31.0 Å². The number of hydrogen-bond acceptors (Lipinski definition) is 2. The highest BCUT2D eigenvalue weighted by Crippen LogP contribution is 2.34. The third-order valence-electron chi connectivity index (χ3n) is 2.74. The molecule has 0 fully saturated rings. The largest absolute Gasteiger partial charge is 0.419 e. The van der Waals surface area contributed by atoms with E-state index in [0.717, 1.165) is 12.1 Å². The second kappa shape index (κ2) is 5.24. The Morgan fingerprint density at radius 1 is 1.22 bits per heavy atom. The van der Waals surface area contributed by atoms with E-state index in [2.05, 4.69) is 0 Å². The monoisotopic (exact) mass is 265 g/mol. The van der Waals surface area contributed by atoms with Gasteiger partial charge in [-0.1, -0.05) is 26.0 Å². The lowest BCUT2D eigenvalue weighted by Crippen LogP contribution is -2.31. The highest BCUT2D eigenvalue weighted by molar-refractivity contribution is 5.30. The first-order chi connectivity index (χ1) is 8.16. The van der Waals surface area contributed by atoms with Gasteiger partial charge in [0.2, 0.25) is 0 Å². The summed E-state index contributed by atoms with van der Waals surface area (Å²) in [6.07, 6.45) is -5.88. The van der Waals surface area contributed by atoms with E-state index in [4.69, 9.17) is 5.73 Å². The lowest BCUT2D eigenvalue weighted by Gasteiger charge is -2.23. The number of halogens is 4. The molecule has 1 aromatic carbocycles. The van der Waals surface area contributed by atoms with Crippen LogP contribution in [0.2, 0.25) is 0 Å². The Bertz CT molecular complexity index is 417. The van der Waals surface area contributed by atoms with E-state index in [9.17, 15) is 22.7 Å². The summed E-state index contributed by atoms with van der Waals surface area (Å²) in [5, 5.41) is 9.69. The van der Waals surface area contributed by atoms with E-state index >= 15 is 0 Å². The molecule has 0 bridgehead atoms. The Kier molecular flexibility index (Phi) is 4.34. The molecule has 2 nitrogen and oxygen atoms in total. The zero-order chi connectivity index (χ0) is 14.1. The second-order valence-electron chi connectivity index (χ2n) is 4.47. The maximum absolute atomic E-state index is 13.7. The van der Waals surface area contributed by atoms with E-state index in [0.29, 0.717) is 6.07 Å². The molecule has 0 saturated heterocycles. The fraction of sp³-hybridized carbons (Fsp3) is 0.500. The molecule has 0 aromatic heterocycles. The molecule has 0 spiro atoms. The number of alkyl halides is 3. The topological polar surface area (TPSA) is 46.2 Å². The van der Waals surface area contributed by atoms with Crippen LogP contribution in [-0.2, 0) is 6.18 Å². The van der Waals surface area contributed by atoms with Crippen molar-refractivity contribution in [1.82, 2.24) is 0 Å². The number of aliphatic hydroxyl groups is 1. The molecule has 1 rings (SSSR count). The highest BCUT2D eigenvalue weighted by Gasteiger charge is 2.36. The van der Waals surface area contributed by atoms with E-state index in [1.54, 1.807) is 13.8 Å². The number of benzene rings is 1. The van der Waals surface area contributed by atoms with Gasteiger partial charge in [-0.3, -0.25) is 0 Å². The van der Waals surface area contributed by atoms with Crippen LogP contribution in [0, 0.1) is 11.7 Å². The molecule has 102 valence electrons. The van der Waals surface area contributed by atoms with Gasteiger partial charge in [0.15, 0.2) is 0 Å². The second-order valence-corrected chi connectivity index (χ2v) is 4.47. The smallest absolute Gasteiger partial charge is 0.391 e. The minimum atomic E-state index is -4.78. The molecule has 0 saturated carbocycles. The van der Waals surface area contributed by atoms with E-state index in [1.165, 1.54) is 0 Å². The van der Waals surface area contributed by atoms with Crippen molar-refractivity contribution in [3.05, 3.63) is 35.1 Å². The Morgan fingerprint density at radius 3 is 2.22 bits per heavy atom. The predicted octanol–water partition coefficient (Wildman–Crippen LogP) is 2.86. The summed E-state index contributed by atoms with van der Waals surface area (Å²) in [4.78, 5) is 0. The van der Waals surface area contributed by atoms with Crippen LogP contribution in [0.15, 0.2) is 18.2 Å². The lowest BCUT2D eigenvalue weighted by molar-refractivity contribution is -0.140. The summed E-state index contributed by atoms with van der Waals surface area (Å²) < 4.78 is 51.3. The van der Waals surface area contributed by atoms with E-state index < -0.39 is 29.7 Å². The number of nitrogens with two attached hydrogens (primary N) is 1. The summed E-state index contributed by atoms with van der Waals surface area (Å²) in [5.41, 5.74) is 3.90. The summed E-state index contributed by atoms with van der Waals surface area (Å²) in [6, 6.07) is 1.69. The van der Waals surface area contributed by atoms with Gasteiger partial charge in [-0.2, -0.15) is 13.2 Å². The maximum atomic E-state index is 13.7. The van der Waals surface area contributed by atoms with Gasteiger partial charge >= 0.3 is 6.18 Å². The number of hydrogen-bond donors (Lipinski definition) is 2. The molecule has 0 unspecified atom stereocenters. The van der Waals surface area contributed by atoms with Crippen molar-refractivity contribution >= 4 is 0 Å². The Balaban J connectivity index is 3.19. The molecule has 0 radical (unpaired) electrons. The van der Waals surface area contributed by atoms with Crippen molar-refractivity contribution in [3.8, 4) is 0 Å². The van der Waals surface area contributed by atoms with Crippen molar-refractivity contribution in [3.63, 3.8) is 0 Å². The van der Waals surface area contributed by atoms with Gasteiger partial charge in [-0.15, -0.1) is 0 Å². The van der Waals surface area contributed by atoms with E-state index in [-0.39, 0.29) is 11.5 Å². The summed E-state index contributed by atoms with van der Waals surface area (Å²) in [5.74, 6) is -1.70. The Morgan fingerprint density at radius 2 is 1.78 bits per heavy atom. The Labute approximate surface area is 102 Å². The summed E-state index contributed by atoms with van der Waals surface area (Å²) >= 11 is 0. The SMILES string of the molecule is CC(C)[C@H](O)[C@H](N)c1cccc(C(F)(F)F)c1F. The minimum absolute atomic E-state index is 0.283. The molecule has 0 aliphatic rings. The average molecular weight is 265 g/mol. The van der Waals surface area contributed by atoms with Crippen molar-refractivity contribution in [1.29, 1.82) is 0 Å². The zero-order valence-corrected chi connectivity index (χ0v) is 10.0. The van der Waals surface area contributed by atoms with Gasteiger partial charge < -0.3 is 10.8 Å². The third-order valence-corrected chi connectivity index (χ3v) is 2.74. The highest BCUT2D eigenvalue weighted by atomic mass is 19.4. The van der Waals surface area contributed by atoms with Crippen molar-refractivity contribution in [2.24, 2.45) is 11.7 Å². The maximum Gasteiger partial charge on any atom is 0.419 e. The average Bonchev–Trinajstić information content (AvgIpc) is 2.25. The first-order valence-electron chi connectivity index (χ1n) is 5.45. The first-order valence-corrected chi connectivity index (χ1v) is 5.45. The van der Waals surface area contributed by atoms with Crippen LogP contribution in [0.25, 0.3) is 0 Å². The fourth-order valence-electron chi connectivity index (χ4n) is 1.62. The zero-order valence-electron chi connectivity index (χ0n) is 10.0. The van der Waals surface area contributed by atoms with Gasteiger partial charge in [0.1, 0.15) is 5.82 Å². The van der Waals surface area contributed by atoms with Crippen LogP contribution in [0.3, 0.4) is 0 Å². The Hall–Kier alpha value is -1.14. The lowest BCUT2D eigenvalue weighted by atomic mass is 9.93. The fourth-order valence-corrected chi connectivity index (χ4v) is 1.62. The quantitative estimate of drug-likeness (QED) is 0.825. The summed E-state index contributed by atoms with van der Waals surface area (Å²) in [6.45, 7) is 3.30. The molecule has 0 heterocycles. The molecule has 18 heavy (non-hydrogen) atoms. The molecule has 1 aromatic rings. The van der Waals surface area contributed by atoms with Gasteiger partial charge in [0.05, 0.1) is 17.7 Å². The first kappa shape index (κ1) is 14.9. The van der Waals surface area contributed by atoms with Crippen LogP contribution in [-0.4, -0.2) is 11.2 Å². The normalized spacial score (nSPS) is 15.8. The van der Waals surface area contributed by atoms with Gasteiger partial charge in [-0.05, 0) is 12.0 Å². The van der Waals surface area contributed by atoms with Crippen LogP contribution < -0.4 is 5.73 Å². The molecular formula is C12H15F4NO. The van der Waals surface area contributed by atoms with Crippen LogP contribution >= 0.6 is 0 Å². The molecule has 3 N–H and O–H groups in total. The number of rotatable bonds is 3. The predicted molar refractivity (Wildman–Crippen MR) is 59.2 cm³/mol. The van der Waals surface area contributed by atoms with Crippen molar-refractivity contribution < 1.29 is 22.7 Å². The molecule has 6 heteroatoms. The van der Waals surface area contributed by atoms with Gasteiger partial charge in [0, 0.05) is 5.56 Å². The molecule has 2 atom stereocenters. The van der Waals surface area contributed by atoms with E-state index in [1.807, 2.05) is 0 Å². The van der Waals surface area contributed by atoms with Gasteiger partial charge in [0.25, 0.3) is 0 Å². The third kappa shape index (κ3) is 3.00. The molecule has 0 aliphatic heterocycles. The molecular weight excluding hydrogens is 250 g/mol. The standard InChI is InChI=1S/C12H15F4NO/c1-6(2)11(18)10(17)7-4-3-5-8(9(7)13)12(14,15)16/h3-6,10-11,18H,17H2,1-2H3/t10-,11+/m1/s1. The minimum Gasteiger partial charge on any atom is -0.391 e. The van der Waals surface area contributed by atoms with Crippen LogP contribution in [0.4, 0.5) is 17.6 Å².